The first-order valence-corrected chi connectivity index (χ1v) is 12.8. The second kappa shape index (κ2) is 11.9. The molecule has 0 spiro atoms. The topological polar surface area (TPSA) is 80.7 Å². The van der Waals surface area contributed by atoms with Gasteiger partial charge in [0.15, 0.2) is 0 Å². The van der Waals surface area contributed by atoms with Crippen LogP contribution in [0.1, 0.15) is 44.9 Å². The normalized spacial score (nSPS) is 14.4. The molecule has 1 aromatic carbocycles. The van der Waals surface area contributed by atoms with Crippen LogP contribution in [0.4, 0.5) is 11.5 Å². The van der Waals surface area contributed by atoms with Crippen molar-refractivity contribution in [3.05, 3.63) is 60.0 Å². The van der Waals surface area contributed by atoms with Crippen LogP contribution in [0.25, 0.3) is 5.69 Å². The van der Waals surface area contributed by atoms with E-state index < -0.39 is 0 Å². The van der Waals surface area contributed by atoms with E-state index in [1.807, 2.05) is 57.4 Å². The van der Waals surface area contributed by atoms with Gasteiger partial charge >= 0.3 is 0 Å². The Balaban J connectivity index is 1.40. The number of pyridine rings is 1. The summed E-state index contributed by atoms with van der Waals surface area (Å²) in [6.45, 7) is 11.5. The van der Waals surface area contributed by atoms with Gasteiger partial charge in [0, 0.05) is 45.0 Å². The van der Waals surface area contributed by atoms with Gasteiger partial charge in [0.1, 0.15) is 23.0 Å². The summed E-state index contributed by atoms with van der Waals surface area (Å²) in [5, 5.41) is 6.38. The average Bonchev–Trinajstić information content (AvgIpc) is 3.36. The third-order valence-corrected chi connectivity index (χ3v) is 6.31. The molecule has 3 heterocycles. The molecule has 1 saturated heterocycles. The van der Waals surface area contributed by atoms with E-state index >= 15 is 0 Å². The van der Waals surface area contributed by atoms with Crippen molar-refractivity contribution in [3.63, 3.8) is 0 Å². The lowest BCUT2D eigenvalue weighted by Crippen LogP contribution is -2.38. The van der Waals surface area contributed by atoms with E-state index in [-0.39, 0.29) is 5.91 Å². The number of carbonyl (C=O) groups excluding carboxylic acids is 1. The Kier molecular flexibility index (Phi) is 8.48. The zero-order valence-electron chi connectivity index (χ0n) is 21.7. The van der Waals surface area contributed by atoms with Crippen LogP contribution >= 0.6 is 0 Å². The zero-order chi connectivity index (χ0) is 25.5. The molecule has 1 aliphatic rings. The van der Waals surface area contributed by atoms with Crippen LogP contribution in [0.3, 0.4) is 0 Å². The summed E-state index contributed by atoms with van der Waals surface area (Å²) in [6.07, 6.45) is 6.13. The highest BCUT2D eigenvalue weighted by Gasteiger charge is 2.22. The number of aryl methyl sites for hydroxylation is 1. The summed E-state index contributed by atoms with van der Waals surface area (Å²) < 4.78 is 14.1. The Morgan fingerprint density at radius 2 is 1.69 bits per heavy atom. The fourth-order valence-electron chi connectivity index (χ4n) is 4.67. The molecule has 1 amide bonds. The number of ether oxygens (including phenoxy) is 2. The number of aromatic nitrogens is 2. The Hall–Kier alpha value is -3.52. The van der Waals surface area contributed by atoms with Crippen molar-refractivity contribution < 1.29 is 14.3 Å². The average molecular weight is 492 g/mol. The maximum absolute atomic E-state index is 11.3. The Bertz CT molecular complexity index is 1130. The predicted octanol–water partition coefficient (Wildman–Crippen LogP) is 5.01. The standard InChI is InChI=1S/C28H37N5O3/c1-5-35-25-17-22(18-26(36-6-2)28(25)33-13-7-8-14-33)19-32-15-11-23(12-16-32)31-24-9-10-27(29-20(24)3)30-21(4)34/h7-10,13-14,17-18,23,31H,5-6,11-12,15-16,19H2,1-4H3,(H,29,30,34). The fourth-order valence-corrected chi connectivity index (χ4v) is 4.67. The van der Waals surface area contributed by atoms with Gasteiger partial charge in [0.2, 0.25) is 5.91 Å². The van der Waals surface area contributed by atoms with Gasteiger partial charge in [0.05, 0.1) is 24.6 Å². The molecule has 8 nitrogen and oxygen atoms in total. The van der Waals surface area contributed by atoms with Crippen molar-refractivity contribution in [2.75, 3.05) is 36.9 Å². The monoisotopic (exact) mass is 491 g/mol. The molecule has 8 heteroatoms. The quantitative estimate of drug-likeness (QED) is 0.415. The van der Waals surface area contributed by atoms with Crippen molar-refractivity contribution >= 4 is 17.4 Å². The fraction of sp³-hybridized carbons (Fsp3) is 0.429. The lowest BCUT2D eigenvalue weighted by atomic mass is 10.0. The number of benzene rings is 1. The zero-order valence-corrected chi connectivity index (χ0v) is 21.7. The van der Waals surface area contributed by atoms with Crippen molar-refractivity contribution in [1.82, 2.24) is 14.5 Å². The minimum absolute atomic E-state index is 0.115. The van der Waals surface area contributed by atoms with Crippen LogP contribution in [-0.2, 0) is 11.3 Å². The van der Waals surface area contributed by atoms with Crippen LogP contribution in [0.2, 0.25) is 0 Å². The van der Waals surface area contributed by atoms with E-state index in [2.05, 4.69) is 37.2 Å². The number of hydrogen-bond acceptors (Lipinski definition) is 6. The maximum atomic E-state index is 11.3. The van der Waals surface area contributed by atoms with E-state index in [4.69, 9.17) is 9.47 Å². The van der Waals surface area contributed by atoms with Gasteiger partial charge in [-0.2, -0.15) is 0 Å². The Morgan fingerprint density at radius 1 is 1.06 bits per heavy atom. The van der Waals surface area contributed by atoms with Gasteiger partial charge < -0.3 is 24.7 Å². The van der Waals surface area contributed by atoms with Gasteiger partial charge in [0.25, 0.3) is 0 Å². The van der Waals surface area contributed by atoms with E-state index in [1.165, 1.54) is 12.5 Å². The molecule has 0 saturated carbocycles. The summed E-state index contributed by atoms with van der Waals surface area (Å²) in [5.74, 6) is 2.16. The molecule has 4 rings (SSSR count). The second-order valence-electron chi connectivity index (χ2n) is 9.10. The molecule has 192 valence electrons. The maximum Gasteiger partial charge on any atom is 0.222 e. The molecule has 0 bridgehead atoms. The molecule has 2 aromatic heterocycles. The van der Waals surface area contributed by atoms with E-state index in [1.54, 1.807) is 0 Å². The molecular weight excluding hydrogens is 454 g/mol. The SMILES string of the molecule is CCOc1cc(CN2CCC(Nc3ccc(NC(C)=O)nc3C)CC2)cc(OCC)c1-n1cccc1. The van der Waals surface area contributed by atoms with Crippen LogP contribution in [0, 0.1) is 6.92 Å². The molecule has 0 atom stereocenters. The Labute approximate surface area is 213 Å². The van der Waals surface area contributed by atoms with Crippen LogP contribution in [-0.4, -0.2) is 52.7 Å². The third-order valence-electron chi connectivity index (χ3n) is 6.31. The van der Waals surface area contributed by atoms with Crippen LogP contribution < -0.4 is 20.1 Å². The summed E-state index contributed by atoms with van der Waals surface area (Å²) in [5.41, 5.74) is 4.05. The molecule has 1 aliphatic heterocycles. The lowest BCUT2D eigenvalue weighted by Gasteiger charge is -2.33. The summed E-state index contributed by atoms with van der Waals surface area (Å²) in [7, 11) is 0. The van der Waals surface area contributed by atoms with Crippen LogP contribution in [0.5, 0.6) is 11.5 Å². The number of carbonyl (C=O) groups is 1. The number of nitrogens with zero attached hydrogens (tertiary/aromatic N) is 3. The highest BCUT2D eigenvalue weighted by Crippen LogP contribution is 2.35. The highest BCUT2D eigenvalue weighted by atomic mass is 16.5. The van der Waals surface area contributed by atoms with Gasteiger partial charge in [-0.1, -0.05) is 0 Å². The molecule has 0 unspecified atom stereocenters. The van der Waals surface area contributed by atoms with Gasteiger partial charge in [-0.15, -0.1) is 0 Å². The number of rotatable bonds is 10. The minimum atomic E-state index is -0.115. The van der Waals surface area contributed by atoms with Crippen molar-refractivity contribution in [3.8, 4) is 17.2 Å². The number of hydrogen-bond donors (Lipinski definition) is 2. The predicted molar refractivity (Wildman–Crippen MR) is 143 cm³/mol. The second-order valence-corrected chi connectivity index (χ2v) is 9.10. The minimum Gasteiger partial charge on any atom is -0.492 e. The lowest BCUT2D eigenvalue weighted by molar-refractivity contribution is -0.114. The largest absolute Gasteiger partial charge is 0.492 e. The van der Waals surface area contributed by atoms with Gasteiger partial charge in [-0.3, -0.25) is 9.69 Å². The van der Waals surface area contributed by atoms with E-state index in [0.29, 0.717) is 25.1 Å². The Morgan fingerprint density at radius 3 is 2.25 bits per heavy atom. The molecular formula is C28H37N5O3. The molecule has 2 N–H and O–H groups in total. The molecule has 0 radical (unpaired) electrons. The number of nitrogens with one attached hydrogen (secondary N) is 2. The molecule has 3 aromatic rings. The van der Waals surface area contributed by atoms with E-state index in [9.17, 15) is 4.79 Å². The molecule has 1 fully saturated rings. The molecule has 36 heavy (non-hydrogen) atoms. The van der Waals surface area contributed by atoms with Crippen molar-refractivity contribution in [1.29, 1.82) is 0 Å². The number of amides is 1. The first-order chi connectivity index (χ1) is 17.5. The van der Waals surface area contributed by atoms with Crippen molar-refractivity contribution in [2.45, 2.75) is 53.1 Å². The number of anilines is 2. The molecule has 0 aliphatic carbocycles. The highest BCUT2D eigenvalue weighted by molar-refractivity contribution is 5.87. The third kappa shape index (κ3) is 6.37. The van der Waals surface area contributed by atoms with E-state index in [0.717, 1.165) is 61.0 Å². The van der Waals surface area contributed by atoms with Gasteiger partial charge in [-0.25, -0.2) is 4.98 Å². The summed E-state index contributed by atoms with van der Waals surface area (Å²) in [6, 6.07) is 12.5. The summed E-state index contributed by atoms with van der Waals surface area (Å²) in [4.78, 5) is 18.3. The van der Waals surface area contributed by atoms with Crippen molar-refractivity contribution in [2.24, 2.45) is 0 Å². The summed E-state index contributed by atoms with van der Waals surface area (Å²) >= 11 is 0. The first-order valence-electron chi connectivity index (χ1n) is 12.8. The first kappa shape index (κ1) is 25.6. The smallest absolute Gasteiger partial charge is 0.222 e. The van der Waals surface area contributed by atoms with Gasteiger partial charge in [-0.05, 0) is 75.6 Å². The number of likely N-dealkylation sites (tertiary alicyclic amines) is 1. The van der Waals surface area contributed by atoms with Crippen LogP contribution in [0.15, 0.2) is 48.8 Å². The number of piperidine rings is 1.